The fraction of sp³-hybridized carbons (Fsp3) is 0.0769. The van der Waals surface area contributed by atoms with Gasteiger partial charge in [-0.05, 0) is 25.1 Å². The van der Waals surface area contributed by atoms with E-state index < -0.39 is 10.9 Å². The van der Waals surface area contributed by atoms with Crippen LogP contribution in [0.5, 0.6) is 0 Å². The van der Waals surface area contributed by atoms with Gasteiger partial charge in [0.1, 0.15) is 5.03 Å². The molecule has 0 radical (unpaired) electrons. The van der Waals surface area contributed by atoms with Gasteiger partial charge in [0.05, 0.1) is 10.5 Å². The quantitative estimate of drug-likeness (QED) is 0.686. The molecular formula is C13H10N2O4S. The topological polar surface area (TPSA) is 93.3 Å². The van der Waals surface area contributed by atoms with Gasteiger partial charge < -0.3 is 5.11 Å². The van der Waals surface area contributed by atoms with Crippen molar-refractivity contribution in [1.82, 2.24) is 4.98 Å². The van der Waals surface area contributed by atoms with Gasteiger partial charge in [0.2, 0.25) is 0 Å². The molecule has 102 valence electrons. The first kappa shape index (κ1) is 14.0. The van der Waals surface area contributed by atoms with E-state index in [1.165, 1.54) is 36.2 Å². The summed E-state index contributed by atoms with van der Waals surface area (Å²) in [5, 5.41) is 20.3. The van der Waals surface area contributed by atoms with Crippen LogP contribution in [0, 0.1) is 17.0 Å². The van der Waals surface area contributed by atoms with Crippen LogP contribution in [-0.4, -0.2) is 21.0 Å². The molecule has 1 aromatic heterocycles. The second-order valence-corrected chi connectivity index (χ2v) is 5.01. The molecule has 0 saturated heterocycles. The fourth-order valence-electron chi connectivity index (χ4n) is 1.62. The van der Waals surface area contributed by atoms with Crippen molar-refractivity contribution < 1.29 is 14.8 Å². The van der Waals surface area contributed by atoms with Gasteiger partial charge in [-0.15, -0.1) is 0 Å². The zero-order valence-electron chi connectivity index (χ0n) is 10.4. The molecule has 0 unspecified atom stereocenters. The maximum atomic E-state index is 10.9. The molecule has 0 fully saturated rings. The molecule has 1 aromatic carbocycles. The summed E-state index contributed by atoms with van der Waals surface area (Å²) in [5.74, 6) is -1.04. The predicted molar refractivity (Wildman–Crippen MR) is 73.2 cm³/mol. The first-order valence-electron chi connectivity index (χ1n) is 5.60. The van der Waals surface area contributed by atoms with Crippen LogP contribution >= 0.6 is 11.8 Å². The Labute approximate surface area is 118 Å². The van der Waals surface area contributed by atoms with Crippen molar-refractivity contribution >= 4 is 23.4 Å². The van der Waals surface area contributed by atoms with Crippen LogP contribution in [0.3, 0.4) is 0 Å². The smallest absolute Gasteiger partial charge is 0.335 e. The number of nitrogens with zero attached hydrogens (tertiary/aromatic N) is 2. The number of nitro groups is 1. The van der Waals surface area contributed by atoms with E-state index in [4.69, 9.17) is 5.11 Å². The first-order chi connectivity index (χ1) is 9.49. The Kier molecular flexibility index (Phi) is 3.99. The van der Waals surface area contributed by atoms with E-state index in [0.29, 0.717) is 15.5 Å². The summed E-state index contributed by atoms with van der Waals surface area (Å²) in [6, 6.07) is 7.59. The Balaban J connectivity index is 2.35. The standard InChI is InChI=1S/C13H10N2O4S/c1-8-10(15(18)19)3-2-4-11(8)20-12-7-9(13(16)17)5-6-14-12/h2-7H,1H3,(H,16,17). The lowest BCUT2D eigenvalue weighted by Gasteiger charge is -2.05. The van der Waals surface area contributed by atoms with Gasteiger partial charge in [-0.3, -0.25) is 10.1 Å². The average Bonchev–Trinajstić information content (AvgIpc) is 2.41. The van der Waals surface area contributed by atoms with Crippen molar-refractivity contribution in [3.05, 3.63) is 57.8 Å². The van der Waals surface area contributed by atoms with Crippen molar-refractivity contribution in [2.75, 3.05) is 0 Å². The van der Waals surface area contributed by atoms with E-state index in [9.17, 15) is 14.9 Å². The minimum atomic E-state index is -1.04. The molecule has 0 amide bonds. The first-order valence-corrected chi connectivity index (χ1v) is 6.42. The third kappa shape index (κ3) is 2.94. The maximum absolute atomic E-state index is 10.9. The van der Waals surface area contributed by atoms with E-state index in [-0.39, 0.29) is 11.3 Å². The number of aromatic carboxylic acids is 1. The third-order valence-corrected chi connectivity index (χ3v) is 3.74. The van der Waals surface area contributed by atoms with Gasteiger partial charge in [0, 0.05) is 22.7 Å². The Morgan fingerprint density at radius 3 is 2.80 bits per heavy atom. The van der Waals surface area contributed by atoms with E-state index >= 15 is 0 Å². The van der Waals surface area contributed by atoms with Gasteiger partial charge in [0.15, 0.2) is 0 Å². The Morgan fingerprint density at radius 1 is 1.40 bits per heavy atom. The van der Waals surface area contributed by atoms with Crippen LogP contribution in [-0.2, 0) is 0 Å². The molecule has 0 aliphatic heterocycles. The average molecular weight is 290 g/mol. The molecule has 0 atom stereocenters. The van der Waals surface area contributed by atoms with E-state index in [1.807, 2.05) is 0 Å². The Hall–Kier alpha value is -2.41. The summed E-state index contributed by atoms with van der Waals surface area (Å²) in [6.45, 7) is 1.65. The molecule has 0 aliphatic carbocycles. The molecule has 1 N–H and O–H groups in total. The molecule has 2 rings (SSSR count). The minimum absolute atomic E-state index is 0.0318. The number of benzene rings is 1. The van der Waals surface area contributed by atoms with Gasteiger partial charge in [-0.25, -0.2) is 9.78 Å². The molecule has 20 heavy (non-hydrogen) atoms. The monoisotopic (exact) mass is 290 g/mol. The number of pyridine rings is 1. The Morgan fingerprint density at radius 2 is 2.15 bits per heavy atom. The van der Waals surface area contributed by atoms with Crippen LogP contribution in [0.2, 0.25) is 0 Å². The van der Waals surface area contributed by atoms with Crippen LogP contribution in [0.4, 0.5) is 5.69 Å². The number of hydrogen-bond donors (Lipinski definition) is 1. The zero-order chi connectivity index (χ0) is 14.7. The summed E-state index contributed by atoms with van der Waals surface area (Å²) in [4.78, 5) is 26.1. The second-order valence-electron chi connectivity index (χ2n) is 3.95. The van der Waals surface area contributed by atoms with Crippen molar-refractivity contribution in [2.45, 2.75) is 16.8 Å². The fourth-order valence-corrected chi connectivity index (χ4v) is 2.55. The molecule has 2 aromatic rings. The van der Waals surface area contributed by atoms with Crippen LogP contribution in [0.25, 0.3) is 0 Å². The van der Waals surface area contributed by atoms with Crippen LogP contribution in [0.15, 0.2) is 46.5 Å². The van der Waals surface area contributed by atoms with Gasteiger partial charge in [-0.2, -0.15) is 0 Å². The van der Waals surface area contributed by atoms with E-state index in [1.54, 1.807) is 19.1 Å². The summed E-state index contributed by atoms with van der Waals surface area (Å²) in [7, 11) is 0. The number of aromatic nitrogens is 1. The lowest BCUT2D eigenvalue weighted by atomic mass is 10.2. The molecule has 0 aliphatic rings. The molecule has 1 heterocycles. The number of carbonyl (C=O) groups is 1. The van der Waals surface area contributed by atoms with Gasteiger partial charge in [0.25, 0.3) is 5.69 Å². The lowest BCUT2D eigenvalue weighted by molar-refractivity contribution is -0.385. The van der Waals surface area contributed by atoms with Gasteiger partial charge >= 0.3 is 5.97 Å². The summed E-state index contributed by atoms with van der Waals surface area (Å²) < 4.78 is 0. The molecule has 6 nitrogen and oxygen atoms in total. The van der Waals surface area contributed by atoms with Gasteiger partial charge in [-0.1, -0.05) is 17.8 Å². The number of nitro benzene ring substituents is 1. The number of carboxylic acids is 1. The molecule has 0 bridgehead atoms. The highest BCUT2D eigenvalue weighted by molar-refractivity contribution is 7.99. The Bertz CT molecular complexity index is 688. The van der Waals surface area contributed by atoms with E-state index in [0.717, 1.165) is 0 Å². The summed E-state index contributed by atoms with van der Waals surface area (Å²) in [5.41, 5.74) is 0.694. The summed E-state index contributed by atoms with van der Waals surface area (Å²) in [6.07, 6.45) is 1.40. The van der Waals surface area contributed by atoms with Crippen LogP contribution in [0.1, 0.15) is 15.9 Å². The number of rotatable bonds is 4. The molecule has 0 spiro atoms. The highest BCUT2D eigenvalue weighted by Crippen LogP contribution is 2.33. The predicted octanol–water partition coefficient (Wildman–Crippen LogP) is 3.15. The van der Waals surface area contributed by atoms with Crippen LogP contribution < -0.4 is 0 Å². The number of carboxylic acid groups (broad SMARTS) is 1. The highest BCUT2D eigenvalue weighted by atomic mass is 32.2. The second kappa shape index (κ2) is 5.70. The molecular weight excluding hydrogens is 280 g/mol. The number of hydrogen-bond acceptors (Lipinski definition) is 5. The molecule has 7 heteroatoms. The van der Waals surface area contributed by atoms with Crippen molar-refractivity contribution in [3.63, 3.8) is 0 Å². The highest BCUT2D eigenvalue weighted by Gasteiger charge is 2.14. The van der Waals surface area contributed by atoms with Crippen molar-refractivity contribution in [3.8, 4) is 0 Å². The minimum Gasteiger partial charge on any atom is -0.478 e. The SMILES string of the molecule is Cc1c(Sc2cc(C(=O)O)ccn2)cccc1[N+](=O)[O-]. The van der Waals surface area contributed by atoms with Crippen molar-refractivity contribution in [2.24, 2.45) is 0 Å². The zero-order valence-corrected chi connectivity index (χ0v) is 11.3. The summed E-state index contributed by atoms with van der Waals surface area (Å²) >= 11 is 1.20. The third-order valence-electron chi connectivity index (χ3n) is 2.65. The normalized spacial score (nSPS) is 10.2. The van der Waals surface area contributed by atoms with E-state index in [2.05, 4.69) is 4.98 Å². The lowest BCUT2D eigenvalue weighted by Crippen LogP contribution is -1.97. The molecule has 0 saturated carbocycles. The maximum Gasteiger partial charge on any atom is 0.335 e. The van der Waals surface area contributed by atoms with Crippen molar-refractivity contribution in [1.29, 1.82) is 0 Å². The largest absolute Gasteiger partial charge is 0.478 e.